The van der Waals surface area contributed by atoms with E-state index in [1.165, 1.54) is 6.07 Å². The number of aromatic nitrogens is 2. The standard InChI is InChI=1S/C26H17F3N2/c1-16-13-20(26(27,28)29)11-12-21(16)25-23-15-19-10-6-5-9-18(19)14-22(23)24(30-31-25)17-7-3-2-4-8-17/h2-15H,1H3. The van der Waals surface area contributed by atoms with Crippen LogP contribution in [-0.4, -0.2) is 10.2 Å². The van der Waals surface area contributed by atoms with Crippen LogP contribution in [0.4, 0.5) is 13.2 Å². The molecule has 0 N–H and O–H groups in total. The maximum Gasteiger partial charge on any atom is 0.416 e. The highest BCUT2D eigenvalue weighted by Gasteiger charge is 2.31. The van der Waals surface area contributed by atoms with Gasteiger partial charge in [-0.3, -0.25) is 0 Å². The summed E-state index contributed by atoms with van der Waals surface area (Å²) in [5.41, 5.74) is 2.73. The lowest BCUT2D eigenvalue weighted by Gasteiger charge is -2.14. The van der Waals surface area contributed by atoms with E-state index in [-0.39, 0.29) is 0 Å². The maximum absolute atomic E-state index is 13.1. The summed E-state index contributed by atoms with van der Waals surface area (Å²) in [6, 6.07) is 25.6. The highest BCUT2D eigenvalue weighted by Crippen LogP contribution is 2.38. The molecule has 0 amide bonds. The van der Waals surface area contributed by atoms with Gasteiger partial charge in [-0.25, -0.2) is 0 Å². The first-order chi connectivity index (χ1) is 14.9. The Morgan fingerprint density at radius 1 is 0.645 bits per heavy atom. The minimum Gasteiger partial charge on any atom is -0.166 e. The van der Waals surface area contributed by atoms with Crippen molar-refractivity contribution in [2.45, 2.75) is 13.1 Å². The molecule has 0 unspecified atom stereocenters. The molecule has 152 valence electrons. The number of aryl methyl sites for hydroxylation is 1. The Bertz CT molecular complexity index is 1420. The summed E-state index contributed by atoms with van der Waals surface area (Å²) in [4.78, 5) is 0. The summed E-state index contributed by atoms with van der Waals surface area (Å²) >= 11 is 0. The fraction of sp³-hybridized carbons (Fsp3) is 0.0769. The highest BCUT2D eigenvalue weighted by atomic mass is 19.4. The van der Waals surface area contributed by atoms with Gasteiger partial charge in [-0.2, -0.15) is 13.2 Å². The summed E-state index contributed by atoms with van der Waals surface area (Å²) in [6.45, 7) is 1.67. The van der Waals surface area contributed by atoms with Crippen LogP contribution in [0.3, 0.4) is 0 Å². The van der Waals surface area contributed by atoms with Crippen molar-refractivity contribution in [1.29, 1.82) is 0 Å². The van der Waals surface area contributed by atoms with Gasteiger partial charge >= 0.3 is 6.18 Å². The predicted molar refractivity (Wildman–Crippen MR) is 118 cm³/mol. The molecule has 5 aromatic rings. The summed E-state index contributed by atoms with van der Waals surface area (Å²) in [7, 11) is 0. The van der Waals surface area contributed by atoms with Gasteiger partial charge in [0.2, 0.25) is 0 Å². The lowest BCUT2D eigenvalue weighted by Crippen LogP contribution is -2.05. The smallest absolute Gasteiger partial charge is 0.166 e. The van der Waals surface area contributed by atoms with E-state index in [1.54, 1.807) is 6.92 Å². The molecule has 31 heavy (non-hydrogen) atoms. The number of nitrogens with zero attached hydrogens (tertiary/aromatic N) is 2. The van der Waals surface area contributed by atoms with Gasteiger partial charge in [0.05, 0.1) is 5.56 Å². The molecule has 0 aliphatic carbocycles. The van der Waals surface area contributed by atoms with Gasteiger partial charge in [0.1, 0.15) is 11.4 Å². The third-order valence-corrected chi connectivity index (χ3v) is 5.50. The molecule has 0 atom stereocenters. The highest BCUT2D eigenvalue weighted by molar-refractivity contribution is 6.08. The predicted octanol–water partition coefficient (Wildman–Crippen LogP) is 7.44. The van der Waals surface area contributed by atoms with Gasteiger partial charge in [-0.15, -0.1) is 10.2 Å². The van der Waals surface area contributed by atoms with E-state index in [0.29, 0.717) is 16.8 Å². The molecule has 1 heterocycles. The fourth-order valence-corrected chi connectivity index (χ4v) is 3.95. The van der Waals surface area contributed by atoms with E-state index in [1.807, 2.05) is 60.7 Å². The fourth-order valence-electron chi connectivity index (χ4n) is 3.95. The zero-order valence-corrected chi connectivity index (χ0v) is 16.6. The van der Waals surface area contributed by atoms with E-state index in [0.717, 1.165) is 44.9 Å². The zero-order chi connectivity index (χ0) is 21.6. The number of rotatable bonds is 2. The van der Waals surface area contributed by atoms with Crippen molar-refractivity contribution in [2.75, 3.05) is 0 Å². The number of benzene rings is 4. The Balaban J connectivity index is 1.81. The minimum atomic E-state index is -4.38. The summed E-state index contributed by atoms with van der Waals surface area (Å²) in [6.07, 6.45) is -4.38. The topological polar surface area (TPSA) is 25.8 Å². The third-order valence-electron chi connectivity index (χ3n) is 5.50. The Hall–Kier alpha value is -3.73. The molecule has 5 heteroatoms. The molecular weight excluding hydrogens is 397 g/mol. The van der Waals surface area contributed by atoms with Gasteiger partial charge < -0.3 is 0 Å². The SMILES string of the molecule is Cc1cc(C(F)(F)F)ccc1-c1nnc(-c2ccccc2)c2cc3ccccc3cc12. The van der Waals surface area contributed by atoms with Crippen LogP contribution in [0.2, 0.25) is 0 Å². The van der Waals surface area contributed by atoms with E-state index < -0.39 is 11.7 Å². The average Bonchev–Trinajstić information content (AvgIpc) is 2.77. The average molecular weight is 414 g/mol. The zero-order valence-electron chi connectivity index (χ0n) is 16.6. The first kappa shape index (κ1) is 19.2. The number of hydrogen-bond acceptors (Lipinski definition) is 2. The van der Waals surface area contributed by atoms with Crippen LogP contribution >= 0.6 is 0 Å². The van der Waals surface area contributed by atoms with E-state index >= 15 is 0 Å². The maximum atomic E-state index is 13.1. The molecule has 0 aliphatic rings. The second-order valence-corrected chi connectivity index (χ2v) is 7.54. The minimum absolute atomic E-state index is 0.506. The van der Waals surface area contributed by atoms with Crippen molar-refractivity contribution < 1.29 is 13.2 Å². The Kier molecular flexibility index (Phi) is 4.47. The summed E-state index contributed by atoms with van der Waals surface area (Å²) in [5, 5.41) is 12.9. The van der Waals surface area contributed by atoms with Crippen LogP contribution in [0.5, 0.6) is 0 Å². The van der Waals surface area contributed by atoms with Crippen molar-refractivity contribution in [3.63, 3.8) is 0 Å². The quantitative estimate of drug-likeness (QED) is 0.281. The van der Waals surface area contributed by atoms with E-state index in [9.17, 15) is 13.2 Å². The molecule has 0 fully saturated rings. The molecule has 0 bridgehead atoms. The van der Waals surface area contributed by atoms with Crippen LogP contribution in [0.15, 0.2) is 84.9 Å². The Morgan fingerprint density at radius 3 is 1.84 bits per heavy atom. The lowest BCUT2D eigenvalue weighted by atomic mass is 9.94. The first-order valence-corrected chi connectivity index (χ1v) is 9.84. The van der Waals surface area contributed by atoms with Crippen molar-refractivity contribution >= 4 is 21.5 Å². The normalized spacial score (nSPS) is 11.9. The van der Waals surface area contributed by atoms with Crippen molar-refractivity contribution in [3.05, 3.63) is 96.1 Å². The van der Waals surface area contributed by atoms with Gasteiger partial charge in [-0.1, -0.05) is 60.7 Å². The molecular formula is C26H17F3N2. The third kappa shape index (κ3) is 3.42. The van der Waals surface area contributed by atoms with Crippen LogP contribution < -0.4 is 0 Å². The molecule has 1 aromatic heterocycles. The summed E-state index contributed by atoms with van der Waals surface area (Å²) < 4.78 is 39.4. The number of hydrogen-bond donors (Lipinski definition) is 0. The lowest BCUT2D eigenvalue weighted by molar-refractivity contribution is -0.137. The van der Waals surface area contributed by atoms with Crippen LogP contribution in [0, 0.1) is 6.92 Å². The molecule has 0 aliphatic heterocycles. The Labute approximate surface area is 177 Å². The molecule has 0 saturated heterocycles. The monoisotopic (exact) mass is 414 g/mol. The second kappa shape index (κ2) is 7.20. The van der Waals surface area contributed by atoms with Crippen molar-refractivity contribution in [3.8, 4) is 22.5 Å². The van der Waals surface area contributed by atoms with Crippen molar-refractivity contribution in [2.24, 2.45) is 0 Å². The van der Waals surface area contributed by atoms with Gasteiger partial charge in [0, 0.05) is 21.9 Å². The first-order valence-electron chi connectivity index (χ1n) is 9.84. The van der Waals surface area contributed by atoms with Gasteiger partial charge in [0.15, 0.2) is 0 Å². The number of halogens is 3. The van der Waals surface area contributed by atoms with Gasteiger partial charge in [0.25, 0.3) is 0 Å². The molecule has 0 saturated carbocycles. The molecule has 0 spiro atoms. The van der Waals surface area contributed by atoms with Crippen LogP contribution in [0.1, 0.15) is 11.1 Å². The van der Waals surface area contributed by atoms with Crippen molar-refractivity contribution in [1.82, 2.24) is 10.2 Å². The Morgan fingerprint density at radius 2 is 1.23 bits per heavy atom. The summed E-state index contributed by atoms with van der Waals surface area (Å²) in [5.74, 6) is 0. The molecule has 4 aromatic carbocycles. The molecule has 5 rings (SSSR count). The van der Waals surface area contributed by atoms with E-state index in [4.69, 9.17) is 0 Å². The van der Waals surface area contributed by atoms with E-state index in [2.05, 4.69) is 16.3 Å². The molecule has 2 nitrogen and oxygen atoms in total. The molecule has 0 radical (unpaired) electrons. The van der Waals surface area contributed by atoms with Crippen LogP contribution in [0.25, 0.3) is 44.1 Å². The van der Waals surface area contributed by atoms with Gasteiger partial charge in [-0.05, 0) is 47.5 Å². The number of fused-ring (bicyclic) bond motifs is 2. The second-order valence-electron chi connectivity index (χ2n) is 7.54. The number of alkyl halides is 3. The largest absolute Gasteiger partial charge is 0.416 e. The van der Waals surface area contributed by atoms with Crippen LogP contribution in [-0.2, 0) is 6.18 Å².